The molecule has 0 fully saturated rings. The summed E-state index contributed by atoms with van der Waals surface area (Å²) in [6.07, 6.45) is 1.51. The fraction of sp³-hybridized carbons (Fsp3) is 0.643. The monoisotopic (exact) mass is 280 g/mol. The van der Waals surface area contributed by atoms with Gasteiger partial charge in [-0.25, -0.2) is 14.8 Å². The predicted molar refractivity (Wildman–Crippen MR) is 79.0 cm³/mol. The van der Waals surface area contributed by atoms with Gasteiger partial charge in [-0.1, -0.05) is 0 Å². The quantitative estimate of drug-likeness (QED) is 0.767. The van der Waals surface area contributed by atoms with Crippen molar-refractivity contribution >= 4 is 11.9 Å². The van der Waals surface area contributed by atoms with Crippen LogP contribution >= 0.6 is 0 Å². The summed E-state index contributed by atoms with van der Waals surface area (Å²) >= 11 is 0. The van der Waals surface area contributed by atoms with Crippen molar-refractivity contribution in [2.24, 2.45) is 0 Å². The molecule has 0 aromatic carbocycles. The van der Waals surface area contributed by atoms with Gasteiger partial charge < -0.3 is 15.0 Å². The number of carbonyl (C=O) groups excluding carboxylic acids is 1. The van der Waals surface area contributed by atoms with Gasteiger partial charge in [-0.2, -0.15) is 0 Å². The Morgan fingerprint density at radius 2 is 2.20 bits per heavy atom. The lowest BCUT2D eigenvalue weighted by molar-refractivity contribution is 0.0524. The molecule has 0 amide bonds. The van der Waals surface area contributed by atoms with Crippen LogP contribution in [0.25, 0.3) is 0 Å². The van der Waals surface area contributed by atoms with Gasteiger partial charge in [-0.05, 0) is 34.7 Å². The summed E-state index contributed by atoms with van der Waals surface area (Å²) in [4.78, 5) is 22.3. The Kier molecular flexibility index (Phi) is 6.38. The van der Waals surface area contributed by atoms with Gasteiger partial charge in [-0.15, -0.1) is 0 Å². The van der Waals surface area contributed by atoms with E-state index in [-0.39, 0.29) is 5.97 Å². The zero-order chi connectivity index (χ0) is 15.1. The van der Waals surface area contributed by atoms with Crippen molar-refractivity contribution in [2.45, 2.75) is 33.7 Å². The molecule has 0 saturated carbocycles. The van der Waals surface area contributed by atoms with Crippen LogP contribution in [0, 0.1) is 6.92 Å². The van der Waals surface area contributed by atoms with Gasteiger partial charge in [0.05, 0.1) is 17.9 Å². The summed E-state index contributed by atoms with van der Waals surface area (Å²) in [7, 11) is 2.07. The number of hydrogen-bond acceptors (Lipinski definition) is 6. The Hall–Kier alpha value is -1.69. The molecule has 1 aromatic heterocycles. The molecule has 6 heteroatoms. The van der Waals surface area contributed by atoms with Crippen LogP contribution in [-0.4, -0.2) is 53.6 Å². The number of esters is 1. The minimum absolute atomic E-state index is 0.347. The molecule has 20 heavy (non-hydrogen) atoms. The fourth-order valence-corrected chi connectivity index (χ4v) is 1.56. The number of likely N-dealkylation sites (N-methyl/N-ethyl adjacent to an activating group) is 1. The molecule has 0 spiro atoms. The van der Waals surface area contributed by atoms with E-state index in [9.17, 15) is 4.79 Å². The van der Waals surface area contributed by atoms with Crippen molar-refractivity contribution in [1.29, 1.82) is 0 Å². The van der Waals surface area contributed by atoms with E-state index in [0.717, 1.165) is 13.1 Å². The highest BCUT2D eigenvalue weighted by molar-refractivity contribution is 5.90. The molecule has 0 aliphatic rings. The fourth-order valence-electron chi connectivity index (χ4n) is 1.56. The van der Waals surface area contributed by atoms with Gasteiger partial charge >= 0.3 is 5.97 Å². The number of aromatic nitrogens is 2. The molecule has 1 N–H and O–H groups in total. The van der Waals surface area contributed by atoms with Gasteiger partial charge in [0.15, 0.2) is 0 Å². The first-order chi connectivity index (χ1) is 9.45. The van der Waals surface area contributed by atoms with Crippen LogP contribution in [0.1, 0.15) is 36.8 Å². The van der Waals surface area contributed by atoms with E-state index in [0.29, 0.717) is 29.9 Å². The van der Waals surface area contributed by atoms with Gasteiger partial charge in [0, 0.05) is 25.3 Å². The number of carbonyl (C=O) groups is 1. The summed E-state index contributed by atoms with van der Waals surface area (Å²) in [5.41, 5.74) is 1.04. The molecular formula is C14H24N4O2. The molecule has 0 aliphatic heterocycles. The minimum Gasteiger partial charge on any atom is -0.462 e. The summed E-state index contributed by atoms with van der Waals surface area (Å²) in [5.74, 6) is 0.156. The first-order valence-corrected chi connectivity index (χ1v) is 6.90. The molecule has 0 bridgehead atoms. The zero-order valence-electron chi connectivity index (χ0n) is 12.9. The third-order valence-corrected chi connectivity index (χ3v) is 3.10. The zero-order valence-corrected chi connectivity index (χ0v) is 12.9. The van der Waals surface area contributed by atoms with Crippen LogP contribution < -0.4 is 5.32 Å². The lowest BCUT2D eigenvalue weighted by Crippen LogP contribution is -2.31. The molecule has 0 radical (unpaired) electrons. The summed E-state index contributed by atoms with van der Waals surface area (Å²) in [5, 5.41) is 3.15. The highest BCUT2D eigenvalue weighted by Crippen LogP contribution is 2.08. The van der Waals surface area contributed by atoms with E-state index in [2.05, 4.69) is 41.1 Å². The van der Waals surface area contributed by atoms with Gasteiger partial charge in [-0.3, -0.25) is 0 Å². The van der Waals surface area contributed by atoms with E-state index in [1.54, 1.807) is 13.8 Å². The Bertz CT molecular complexity index is 449. The number of aryl methyl sites for hydroxylation is 1. The largest absolute Gasteiger partial charge is 0.462 e. The molecule has 1 heterocycles. The maximum atomic E-state index is 11.6. The first kappa shape index (κ1) is 16.4. The predicted octanol–water partition coefficient (Wildman–Crippen LogP) is 1.71. The molecule has 0 atom stereocenters. The second kappa shape index (κ2) is 7.79. The Morgan fingerprint density at radius 1 is 1.50 bits per heavy atom. The van der Waals surface area contributed by atoms with Crippen molar-refractivity contribution in [3.05, 3.63) is 17.5 Å². The van der Waals surface area contributed by atoms with E-state index < -0.39 is 0 Å². The van der Waals surface area contributed by atoms with Crippen LogP contribution in [0.5, 0.6) is 0 Å². The average molecular weight is 280 g/mol. The van der Waals surface area contributed by atoms with Crippen LogP contribution in [0.3, 0.4) is 0 Å². The number of nitrogens with one attached hydrogen (secondary N) is 1. The molecule has 0 unspecified atom stereocenters. The van der Waals surface area contributed by atoms with E-state index >= 15 is 0 Å². The van der Waals surface area contributed by atoms with Crippen molar-refractivity contribution in [3.63, 3.8) is 0 Å². The molecule has 0 saturated heterocycles. The van der Waals surface area contributed by atoms with Crippen LogP contribution in [-0.2, 0) is 4.74 Å². The lowest BCUT2D eigenvalue weighted by atomic mass is 10.2. The number of nitrogens with zero attached hydrogens (tertiary/aromatic N) is 3. The lowest BCUT2D eigenvalue weighted by Gasteiger charge is -2.20. The highest BCUT2D eigenvalue weighted by Gasteiger charge is 2.12. The molecule has 1 rings (SSSR count). The van der Waals surface area contributed by atoms with Crippen molar-refractivity contribution < 1.29 is 9.53 Å². The van der Waals surface area contributed by atoms with Crippen LogP contribution in [0.4, 0.5) is 5.95 Å². The SMILES string of the molecule is CCOC(=O)c1cnc(NCCN(C)C(C)C)nc1C. The number of hydrogen-bond donors (Lipinski definition) is 1. The van der Waals surface area contributed by atoms with Crippen molar-refractivity contribution in [1.82, 2.24) is 14.9 Å². The maximum absolute atomic E-state index is 11.6. The third kappa shape index (κ3) is 4.77. The average Bonchev–Trinajstić information content (AvgIpc) is 2.38. The number of rotatable bonds is 7. The third-order valence-electron chi connectivity index (χ3n) is 3.10. The normalized spacial score (nSPS) is 10.9. The number of anilines is 1. The molecule has 0 aliphatic carbocycles. The van der Waals surface area contributed by atoms with Crippen molar-refractivity contribution in [2.75, 3.05) is 32.1 Å². The number of ether oxygens (including phenoxy) is 1. The van der Waals surface area contributed by atoms with E-state index in [4.69, 9.17) is 4.74 Å². The highest BCUT2D eigenvalue weighted by atomic mass is 16.5. The van der Waals surface area contributed by atoms with Crippen LogP contribution in [0.2, 0.25) is 0 Å². The van der Waals surface area contributed by atoms with Gasteiger partial charge in [0.25, 0.3) is 0 Å². The standard InChI is InChI=1S/C14H24N4O2/c1-6-20-13(19)12-9-16-14(17-11(12)4)15-7-8-18(5)10(2)3/h9-10H,6-8H2,1-5H3,(H,15,16,17). The topological polar surface area (TPSA) is 67.3 Å². The maximum Gasteiger partial charge on any atom is 0.341 e. The summed E-state index contributed by atoms with van der Waals surface area (Å²) in [6, 6.07) is 0.505. The molecule has 1 aromatic rings. The molecule has 112 valence electrons. The second-order valence-corrected chi connectivity index (χ2v) is 4.91. The summed E-state index contributed by atoms with van der Waals surface area (Å²) in [6.45, 7) is 9.85. The molecule has 6 nitrogen and oxygen atoms in total. The van der Waals surface area contributed by atoms with Crippen LogP contribution in [0.15, 0.2) is 6.20 Å². The second-order valence-electron chi connectivity index (χ2n) is 4.91. The van der Waals surface area contributed by atoms with Gasteiger partial charge in [0.1, 0.15) is 0 Å². The van der Waals surface area contributed by atoms with Gasteiger partial charge in [0.2, 0.25) is 5.95 Å². The smallest absolute Gasteiger partial charge is 0.341 e. The molecular weight excluding hydrogens is 256 g/mol. The van der Waals surface area contributed by atoms with E-state index in [1.165, 1.54) is 6.20 Å². The van der Waals surface area contributed by atoms with Crippen molar-refractivity contribution in [3.8, 4) is 0 Å². The Balaban J connectivity index is 2.57. The first-order valence-electron chi connectivity index (χ1n) is 6.90. The summed E-state index contributed by atoms with van der Waals surface area (Å²) < 4.78 is 4.94. The minimum atomic E-state index is -0.379. The Morgan fingerprint density at radius 3 is 2.75 bits per heavy atom. The Labute approximate surface area is 120 Å². The van der Waals surface area contributed by atoms with E-state index in [1.807, 2.05) is 0 Å².